The number of aliphatic carboxylic acids is 1. The molecule has 5 N–H and O–H groups in total. The quantitative estimate of drug-likeness (QED) is 0.247. The maximum absolute atomic E-state index is 12.7. The number of hydrogen-bond donors (Lipinski definition) is 3. The van der Waals surface area contributed by atoms with Gasteiger partial charge in [-0.25, -0.2) is 8.42 Å². The molecule has 0 fully saturated rings. The molecule has 12 heteroatoms. The van der Waals surface area contributed by atoms with E-state index in [1.54, 1.807) is 20.8 Å². The van der Waals surface area contributed by atoms with E-state index >= 15 is 0 Å². The molecule has 10 nitrogen and oxygen atoms in total. The van der Waals surface area contributed by atoms with Crippen molar-refractivity contribution in [3.63, 3.8) is 0 Å². The number of hydrogen-bond acceptors (Lipinski definition) is 6. The second-order valence-corrected chi connectivity index (χ2v) is 9.02. The molecule has 1 amide bonds. The second kappa shape index (κ2) is 12.0. The van der Waals surface area contributed by atoms with Crippen molar-refractivity contribution in [3.8, 4) is 5.75 Å². The van der Waals surface area contributed by atoms with Crippen molar-refractivity contribution in [2.45, 2.75) is 25.7 Å². The van der Waals surface area contributed by atoms with Crippen LogP contribution in [0.5, 0.6) is 5.75 Å². The molecule has 2 aromatic rings. The van der Waals surface area contributed by atoms with Crippen LogP contribution in [0.3, 0.4) is 0 Å². The van der Waals surface area contributed by atoms with Gasteiger partial charge in [-0.15, -0.1) is 0 Å². The minimum atomic E-state index is -4.06. The van der Waals surface area contributed by atoms with Gasteiger partial charge in [-0.2, -0.15) is 0 Å². The van der Waals surface area contributed by atoms with Crippen molar-refractivity contribution in [2.24, 2.45) is 5.41 Å². The normalized spacial score (nSPS) is 10.7. The van der Waals surface area contributed by atoms with E-state index in [-0.39, 0.29) is 56.9 Å². The molecule has 32 heavy (non-hydrogen) atoms. The Hall–Kier alpha value is -2.44. The van der Waals surface area contributed by atoms with Gasteiger partial charge in [0.25, 0.3) is 15.9 Å². The second-order valence-electron chi connectivity index (χ2n) is 7.34. The predicted molar refractivity (Wildman–Crippen MR) is 112 cm³/mol. The minimum Gasteiger partial charge on any atom is -0.480 e. The number of carbonyl (C=O) groups is 3. The summed E-state index contributed by atoms with van der Waals surface area (Å²) in [7, 11) is -4.06. The van der Waals surface area contributed by atoms with Crippen LogP contribution >= 0.6 is 0 Å². The summed E-state index contributed by atoms with van der Waals surface area (Å²) < 4.78 is 32.9. The van der Waals surface area contributed by atoms with Crippen LogP contribution < -0.4 is 44.3 Å². The number of carboxylic acid groups (broad SMARTS) is 1. The van der Waals surface area contributed by atoms with E-state index < -0.39 is 39.8 Å². The summed E-state index contributed by atoms with van der Waals surface area (Å²) in [5.41, 5.74) is -0.751. The SMILES string of the molecule is CC(C)(C)C(=O)Oc1ccc(S(=O)(=O)Nc2ccccc2C(=O)NCC(=O)O)cc1.O.[Na+]. The number of carboxylic acids is 1. The third kappa shape index (κ3) is 8.24. The summed E-state index contributed by atoms with van der Waals surface area (Å²) in [6.07, 6.45) is 0. The Labute approximate surface area is 208 Å². The fourth-order valence-corrected chi connectivity index (χ4v) is 3.25. The Bertz CT molecular complexity index is 1060. The molecule has 0 saturated carbocycles. The molecular formula is C20H24N2NaO8S+. The third-order valence-corrected chi connectivity index (χ3v) is 5.15. The Morgan fingerprint density at radius 3 is 2.09 bits per heavy atom. The molecule has 0 spiro atoms. The van der Waals surface area contributed by atoms with E-state index in [0.29, 0.717) is 0 Å². The first-order valence-electron chi connectivity index (χ1n) is 8.84. The molecule has 2 aromatic carbocycles. The summed E-state index contributed by atoms with van der Waals surface area (Å²) in [5.74, 6) is -2.23. The zero-order valence-corrected chi connectivity index (χ0v) is 20.9. The Balaban J connectivity index is 0.00000480. The average molecular weight is 475 g/mol. The van der Waals surface area contributed by atoms with Gasteiger partial charge in [-0.1, -0.05) is 12.1 Å². The first kappa shape index (κ1) is 29.6. The van der Waals surface area contributed by atoms with Crippen LogP contribution in [0.4, 0.5) is 5.69 Å². The smallest absolute Gasteiger partial charge is 0.480 e. The molecule has 0 saturated heterocycles. The fourth-order valence-electron chi connectivity index (χ4n) is 2.17. The maximum atomic E-state index is 12.7. The number of ether oxygens (including phenoxy) is 1. The van der Waals surface area contributed by atoms with E-state index in [0.717, 1.165) is 0 Å². The maximum Gasteiger partial charge on any atom is 1.00 e. The number of para-hydroxylation sites is 1. The van der Waals surface area contributed by atoms with Gasteiger partial charge in [0.1, 0.15) is 12.3 Å². The minimum absolute atomic E-state index is 0. The molecule has 2 rings (SSSR count). The molecule has 0 aromatic heterocycles. The summed E-state index contributed by atoms with van der Waals surface area (Å²) in [6, 6.07) is 11.0. The van der Waals surface area contributed by atoms with E-state index in [4.69, 9.17) is 9.84 Å². The van der Waals surface area contributed by atoms with Gasteiger partial charge in [0.15, 0.2) is 0 Å². The van der Waals surface area contributed by atoms with E-state index in [9.17, 15) is 22.8 Å². The molecule has 0 unspecified atom stereocenters. The molecule has 0 bridgehead atoms. The van der Waals surface area contributed by atoms with Crippen LogP contribution in [-0.2, 0) is 19.6 Å². The number of rotatable bonds is 7. The third-order valence-electron chi connectivity index (χ3n) is 3.77. The summed E-state index contributed by atoms with van der Waals surface area (Å²) in [5, 5.41) is 10.9. The van der Waals surface area contributed by atoms with Crippen molar-refractivity contribution in [2.75, 3.05) is 11.3 Å². The van der Waals surface area contributed by atoms with Gasteiger partial charge in [0.2, 0.25) is 0 Å². The zero-order chi connectivity index (χ0) is 22.5. The fraction of sp³-hybridized carbons (Fsp3) is 0.250. The number of carbonyl (C=O) groups excluding carboxylic acids is 2. The number of amides is 1. The topological polar surface area (TPSA) is 170 Å². The Morgan fingerprint density at radius 2 is 1.56 bits per heavy atom. The van der Waals surface area contributed by atoms with Gasteiger partial charge in [-0.05, 0) is 57.2 Å². The van der Waals surface area contributed by atoms with Crippen molar-refractivity contribution in [1.29, 1.82) is 0 Å². The van der Waals surface area contributed by atoms with Crippen molar-refractivity contribution in [3.05, 3.63) is 54.1 Å². The number of anilines is 1. The molecule has 0 radical (unpaired) electrons. The molecular weight excluding hydrogens is 451 g/mol. The largest absolute Gasteiger partial charge is 1.00 e. The molecule has 0 aliphatic carbocycles. The van der Waals surface area contributed by atoms with Crippen LogP contribution in [-0.4, -0.2) is 43.4 Å². The average Bonchev–Trinajstić information content (AvgIpc) is 2.66. The molecule has 0 aliphatic heterocycles. The van der Waals surface area contributed by atoms with E-state index in [1.165, 1.54) is 48.5 Å². The van der Waals surface area contributed by atoms with Crippen LogP contribution in [0.25, 0.3) is 0 Å². The zero-order valence-electron chi connectivity index (χ0n) is 18.1. The van der Waals surface area contributed by atoms with E-state index in [2.05, 4.69) is 10.0 Å². The number of esters is 1. The van der Waals surface area contributed by atoms with Crippen LogP contribution in [0.2, 0.25) is 0 Å². The monoisotopic (exact) mass is 475 g/mol. The molecule has 0 heterocycles. The summed E-state index contributed by atoms with van der Waals surface area (Å²) >= 11 is 0. The van der Waals surface area contributed by atoms with Gasteiger partial charge in [0.05, 0.1) is 21.6 Å². The van der Waals surface area contributed by atoms with Crippen LogP contribution in [0, 0.1) is 5.41 Å². The van der Waals surface area contributed by atoms with Crippen LogP contribution in [0.1, 0.15) is 31.1 Å². The number of nitrogens with one attached hydrogen (secondary N) is 2. The first-order valence-corrected chi connectivity index (χ1v) is 10.3. The van der Waals surface area contributed by atoms with Gasteiger partial charge in [0, 0.05) is 0 Å². The Kier molecular flexibility index (Phi) is 11.1. The number of benzene rings is 2. The van der Waals surface area contributed by atoms with Crippen molar-refractivity contribution < 1.29 is 67.7 Å². The molecule has 0 aliphatic rings. The first-order chi connectivity index (χ1) is 13.9. The molecule has 0 atom stereocenters. The summed E-state index contributed by atoms with van der Waals surface area (Å²) in [6.45, 7) is 4.49. The molecule has 168 valence electrons. The van der Waals surface area contributed by atoms with E-state index in [1.807, 2.05) is 0 Å². The Morgan fingerprint density at radius 1 is 1.00 bits per heavy atom. The standard InChI is InChI=1S/C20H22N2O7S.Na.H2O/c1-20(2,3)19(26)29-13-8-10-14(11-9-13)30(27,28)22-16-7-5-4-6-15(16)18(25)21-12-17(23)24;;/h4-11,22H,12H2,1-3H3,(H,21,25)(H,23,24);;1H2/q;+1;. The van der Waals surface area contributed by atoms with Crippen molar-refractivity contribution in [1.82, 2.24) is 5.32 Å². The van der Waals surface area contributed by atoms with Crippen molar-refractivity contribution >= 4 is 33.6 Å². The predicted octanol–water partition coefficient (Wildman–Crippen LogP) is -1.57. The van der Waals surface area contributed by atoms with Gasteiger partial charge < -0.3 is 20.6 Å². The van der Waals surface area contributed by atoms with Crippen LogP contribution in [0.15, 0.2) is 53.4 Å². The van der Waals surface area contributed by atoms with Gasteiger partial charge >= 0.3 is 41.5 Å². The number of sulfonamides is 1. The summed E-state index contributed by atoms with van der Waals surface area (Å²) in [4.78, 5) is 34.6. The van der Waals surface area contributed by atoms with Gasteiger partial charge in [-0.3, -0.25) is 19.1 Å².